The van der Waals surface area contributed by atoms with E-state index in [0.717, 1.165) is 19.3 Å². The first-order valence-electron chi connectivity index (χ1n) is 3.85. The first-order chi connectivity index (χ1) is 4.74. The van der Waals surface area contributed by atoms with Crippen LogP contribution in [-0.4, -0.2) is 30.3 Å². The highest BCUT2D eigenvalue weighted by molar-refractivity contribution is 4.84. The van der Waals surface area contributed by atoms with E-state index in [1.54, 1.807) is 0 Å². The predicted molar refractivity (Wildman–Crippen MR) is 40.7 cm³/mol. The zero-order valence-corrected chi connectivity index (χ0v) is 6.38. The van der Waals surface area contributed by atoms with Gasteiger partial charge in [-0.05, 0) is 26.3 Å². The van der Waals surface area contributed by atoms with Crippen molar-refractivity contribution in [1.82, 2.24) is 5.32 Å². The molecule has 1 aliphatic carbocycles. The molecule has 4 N–H and O–H groups in total. The van der Waals surface area contributed by atoms with Crippen molar-refractivity contribution in [3.8, 4) is 0 Å². The summed E-state index contributed by atoms with van der Waals surface area (Å²) in [5.74, 6) is 0. The Kier molecular flexibility index (Phi) is 2.65. The van der Waals surface area contributed by atoms with Crippen LogP contribution in [0, 0.1) is 0 Å². The minimum Gasteiger partial charge on any atom is -0.391 e. The lowest BCUT2D eigenvalue weighted by atomic mass is 9.89. The second-order valence-electron chi connectivity index (χ2n) is 3.03. The molecule has 0 aromatic heterocycles. The molecule has 0 unspecified atom stereocenters. The van der Waals surface area contributed by atoms with E-state index in [4.69, 9.17) is 5.73 Å². The van der Waals surface area contributed by atoms with E-state index < -0.39 is 0 Å². The molecule has 60 valence electrons. The first kappa shape index (κ1) is 7.98. The van der Waals surface area contributed by atoms with Crippen molar-refractivity contribution in [2.24, 2.45) is 5.73 Å². The molecule has 0 radical (unpaired) electrons. The van der Waals surface area contributed by atoms with Crippen LogP contribution in [-0.2, 0) is 0 Å². The van der Waals surface area contributed by atoms with Gasteiger partial charge in [-0.2, -0.15) is 0 Å². The summed E-state index contributed by atoms with van der Waals surface area (Å²) in [7, 11) is 1.92. The van der Waals surface area contributed by atoms with E-state index in [0.29, 0.717) is 6.04 Å². The normalized spacial score (nSPS) is 41.7. The van der Waals surface area contributed by atoms with Crippen LogP contribution >= 0.6 is 0 Å². The maximum absolute atomic E-state index is 9.31. The molecule has 1 saturated carbocycles. The highest BCUT2D eigenvalue weighted by Crippen LogP contribution is 2.16. The monoisotopic (exact) mass is 144 g/mol. The van der Waals surface area contributed by atoms with E-state index in [9.17, 15) is 5.11 Å². The fraction of sp³-hybridized carbons (Fsp3) is 1.00. The van der Waals surface area contributed by atoms with Gasteiger partial charge in [-0.3, -0.25) is 0 Å². The molecule has 0 amide bonds. The molecule has 1 rings (SSSR count). The molecule has 10 heavy (non-hydrogen) atoms. The number of hydrogen-bond acceptors (Lipinski definition) is 3. The van der Waals surface area contributed by atoms with Gasteiger partial charge in [-0.25, -0.2) is 0 Å². The Hall–Kier alpha value is -0.120. The summed E-state index contributed by atoms with van der Waals surface area (Å²) in [6.07, 6.45) is 2.53. The summed E-state index contributed by atoms with van der Waals surface area (Å²) in [6.45, 7) is 0. The fourth-order valence-electron chi connectivity index (χ4n) is 1.43. The summed E-state index contributed by atoms with van der Waals surface area (Å²) < 4.78 is 0. The van der Waals surface area contributed by atoms with Crippen molar-refractivity contribution in [1.29, 1.82) is 0 Å². The number of rotatable bonds is 1. The molecule has 3 atom stereocenters. The average Bonchev–Trinajstić information content (AvgIpc) is 1.95. The van der Waals surface area contributed by atoms with Crippen LogP contribution in [0.1, 0.15) is 19.3 Å². The Morgan fingerprint density at radius 2 is 2.20 bits per heavy atom. The first-order valence-corrected chi connectivity index (χ1v) is 3.85. The number of nitrogens with two attached hydrogens (primary N) is 1. The fourth-order valence-corrected chi connectivity index (χ4v) is 1.43. The third-order valence-electron chi connectivity index (χ3n) is 2.28. The molecule has 0 spiro atoms. The van der Waals surface area contributed by atoms with Gasteiger partial charge in [-0.1, -0.05) is 0 Å². The minimum absolute atomic E-state index is 0.00426. The van der Waals surface area contributed by atoms with Crippen LogP contribution in [0.15, 0.2) is 0 Å². The highest BCUT2D eigenvalue weighted by atomic mass is 16.3. The Bertz CT molecular complexity index is 108. The third kappa shape index (κ3) is 1.68. The lowest BCUT2D eigenvalue weighted by Crippen LogP contribution is -2.45. The summed E-state index contributed by atoms with van der Waals surface area (Å²) in [5, 5.41) is 12.5. The van der Waals surface area contributed by atoms with Gasteiger partial charge >= 0.3 is 0 Å². The minimum atomic E-state index is -0.300. The quantitative estimate of drug-likeness (QED) is 0.462. The summed E-state index contributed by atoms with van der Waals surface area (Å²) >= 11 is 0. The second kappa shape index (κ2) is 3.32. The van der Waals surface area contributed by atoms with Crippen LogP contribution in [0.3, 0.4) is 0 Å². The van der Waals surface area contributed by atoms with E-state index in [2.05, 4.69) is 5.32 Å². The molecule has 1 aliphatic rings. The SMILES string of the molecule is CN[C@H]1CC[C@H](N)[C@H](O)C1. The van der Waals surface area contributed by atoms with Crippen molar-refractivity contribution in [2.75, 3.05) is 7.05 Å². The molecule has 3 heteroatoms. The average molecular weight is 144 g/mol. The van der Waals surface area contributed by atoms with Gasteiger partial charge in [0, 0.05) is 12.1 Å². The van der Waals surface area contributed by atoms with E-state index >= 15 is 0 Å². The Balaban J connectivity index is 2.33. The summed E-state index contributed by atoms with van der Waals surface area (Å²) in [4.78, 5) is 0. The summed E-state index contributed by atoms with van der Waals surface area (Å²) in [6, 6.07) is 0.472. The van der Waals surface area contributed by atoms with Crippen LogP contribution in [0.4, 0.5) is 0 Å². The number of aliphatic hydroxyl groups excluding tert-OH is 1. The largest absolute Gasteiger partial charge is 0.391 e. The van der Waals surface area contributed by atoms with Gasteiger partial charge in [0.1, 0.15) is 0 Å². The van der Waals surface area contributed by atoms with Crippen molar-refractivity contribution < 1.29 is 5.11 Å². The molecule has 1 fully saturated rings. The van der Waals surface area contributed by atoms with Gasteiger partial charge in [0.15, 0.2) is 0 Å². The molecule has 0 bridgehead atoms. The van der Waals surface area contributed by atoms with Crippen LogP contribution in [0.5, 0.6) is 0 Å². The zero-order chi connectivity index (χ0) is 7.56. The van der Waals surface area contributed by atoms with Crippen LogP contribution < -0.4 is 11.1 Å². The van der Waals surface area contributed by atoms with Crippen molar-refractivity contribution in [3.63, 3.8) is 0 Å². The van der Waals surface area contributed by atoms with Gasteiger partial charge in [0.25, 0.3) is 0 Å². The second-order valence-corrected chi connectivity index (χ2v) is 3.03. The van der Waals surface area contributed by atoms with Crippen LogP contribution in [0.25, 0.3) is 0 Å². The maximum atomic E-state index is 9.31. The van der Waals surface area contributed by atoms with E-state index in [1.165, 1.54) is 0 Å². The molecule has 0 saturated heterocycles. The highest BCUT2D eigenvalue weighted by Gasteiger charge is 2.24. The Morgan fingerprint density at radius 3 is 2.70 bits per heavy atom. The molecule has 0 aliphatic heterocycles. The predicted octanol–water partition coefficient (Wildman–Crippen LogP) is -0.553. The summed E-state index contributed by atoms with van der Waals surface area (Å²) in [5.41, 5.74) is 5.62. The van der Waals surface area contributed by atoms with Crippen molar-refractivity contribution in [3.05, 3.63) is 0 Å². The molecule has 0 aromatic rings. The van der Waals surface area contributed by atoms with Gasteiger partial charge in [-0.15, -0.1) is 0 Å². The number of nitrogens with one attached hydrogen (secondary N) is 1. The van der Waals surface area contributed by atoms with Gasteiger partial charge in [0.05, 0.1) is 6.10 Å². The maximum Gasteiger partial charge on any atom is 0.0705 e. The number of hydrogen-bond donors (Lipinski definition) is 3. The molecular formula is C7H16N2O. The van der Waals surface area contributed by atoms with E-state index in [1.807, 2.05) is 7.05 Å². The van der Waals surface area contributed by atoms with Crippen molar-refractivity contribution >= 4 is 0 Å². The standard InChI is InChI=1S/C7H16N2O/c1-9-5-2-3-6(8)7(10)4-5/h5-7,9-10H,2-4,8H2,1H3/t5-,6-,7+/m0/s1. The lowest BCUT2D eigenvalue weighted by Gasteiger charge is -2.30. The molecular weight excluding hydrogens is 128 g/mol. The smallest absolute Gasteiger partial charge is 0.0705 e. The topological polar surface area (TPSA) is 58.3 Å². The van der Waals surface area contributed by atoms with E-state index in [-0.39, 0.29) is 12.1 Å². The molecule has 3 nitrogen and oxygen atoms in total. The molecule has 0 heterocycles. The van der Waals surface area contributed by atoms with Gasteiger partial charge < -0.3 is 16.2 Å². The number of aliphatic hydroxyl groups is 1. The Labute approximate surface area is 61.6 Å². The van der Waals surface area contributed by atoms with Crippen molar-refractivity contribution in [2.45, 2.75) is 37.5 Å². The van der Waals surface area contributed by atoms with Gasteiger partial charge in [0.2, 0.25) is 0 Å². The zero-order valence-electron chi connectivity index (χ0n) is 6.38. The van der Waals surface area contributed by atoms with Crippen LogP contribution in [0.2, 0.25) is 0 Å². The molecule has 0 aromatic carbocycles. The lowest BCUT2D eigenvalue weighted by molar-refractivity contribution is 0.0931. The Morgan fingerprint density at radius 1 is 1.50 bits per heavy atom. The third-order valence-corrected chi connectivity index (χ3v) is 2.28.